The highest BCUT2D eigenvalue weighted by molar-refractivity contribution is 7.89. The van der Waals surface area contributed by atoms with Gasteiger partial charge in [-0.15, -0.1) is 0 Å². The number of hydrogen-bond donors (Lipinski definition) is 1. The molecule has 2 aromatic rings. The van der Waals surface area contributed by atoms with Crippen molar-refractivity contribution in [2.45, 2.75) is 17.9 Å². The average molecular weight is 312 g/mol. The van der Waals surface area contributed by atoms with Crippen molar-refractivity contribution in [3.8, 4) is 0 Å². The lowest BCUT2D eigenvalue weighted by Gasteiger charge is -2.31. The van der Waals surface area contributed by atoms with Crippen LogP contribution in [0.25, 0.3) is 11.0 Å². The molecule has 0 spiro atoms. The maximum absolute atomic E-state index is 12.7. The lowest BCUT2D eigenvalue weighted by molar-refractivity contribution is -0.126. The maximum Gasteiger partial charge on any atom is 0.246 e. The first-order chi connectivity index (χ1) is 9.51. The van der Waals surface area contributed by atoms with Gasteiger partial charge in [0.2, 0.25) is 15.9 Å². The van der Waals surface area contributed by atoms with E-state index in [1.165, 1.54) is 10.4 Å². The van der Waals surface area contributed by atoms with Gasteiger partial charge in [-0.25, -0.2) is 8.42 Å². The summed E-state index contributed by atoms with van der Waals surface area (Å²) in [5, 5.41) is 2.65. The Balaban J connectivity index is 2.12. The van der Waals surface area contributed by atoms with Crippen LogP contribution in [0.1, 0.15) is 6.92 Å². The van der Waals surface area contributed by atoms with Crippen molar-refractivity contribution in [1.29, 1.82) is 0 Å². The number of carbonyl (C=O) groups excluding carboxylic acids is 1. The molecule has 20 heavy (non-hydrogen) atoms. The van der Waals surface area contributed by atoms with E-state index in [1.807, 2.05) is 0 Å². The zero-order valence-corrected chi connectivity index (χ0v) is 12.2. The van der Waals surface area contributed by atoms with Crippen LogP contribution in [-0.4, -0.2) is 46.5 Å². The largest absolute Gasteiger partial charge is 0.353 e. The standard InChI is InChI=1S/C11H12N4O3S2/c1-7-11(16)12-5-6-15(7)20(17,18)9-4-2-3-8-10(9)14-19-13-8/h2-4,7H,5-6H2,1H3,(H,12,16). The molecule has 1 saturated heterocycles. The molecular weight excluding hydrogens is 300 g/mol. The average Bonchev–Trinajstić information content (AvgIpc) is 2.89. The predicted octanol–water partition coefficient (Wildman–Crippen LogP) is 0.200. The number of piperazine rings is 1. The molecule has 1 fully saturated rings. The van der Waals surface area contributed by atoms with Crippen LogP contribution in [0.15, 0.2) is 23.1 Å². The number of amides is 1. The second kappa shape index (κ2) is 4.76. The minimum atomic E-state index is -3.76. The molecule has 2 heterocycles. The summed E-state index contributed by atoms with van der Waals surface area (Å²) in [5.41, 5.74) is 0.904. The Labute approximate surface area is 120 Å². The Kier molecular flexibility index (Phi) is 3.19. The molecule has 1 unspecified atom stereocenters. The normalized spacial score (nSPS) is 21.1. The number of hydrogen-bond acceptors (Lipinski definition) is 6. The van der Waals surface area contributed by atoms with Gasteiger partial charge in [0, 0.05) is 13.1 Å². The number of carbonyl (C=O) groups is 1. The van der Waals surface area contributed by atoms with E-state index in [4.69, 9.17) is 0 Å². The molecule has 1 amide bonds. The number of rotatable bonds is 2. The van der Waals surface area contributed by atoms with Crippen LogP contribution in [0.3, 0.4) is 0 Å². The van der Waals surface area contributed by atoms with Crippen molar-refractivity contribution in [3.05, 3.63) is 18.2 Å². The first kappa shape index (κ1) is 13.4. The first-order valence-electron chi connectivity index (χ1n) is 6.02. The Morgan fingerprint density at radius 3 is 3.00 bits per heavy atom. The number of fused-ring (bicyclic) bond motifs is 1. The summed E-state index contributed by atoms with van der Waals surface area (Å²) in [4.78, 5) is 11.8. The van der Waals surface area contributed by atoms with E-state index in [1.54, 1.807) is 19.1 Å². The molecule has 1 aliphatic rings. The van der Waals surface area contributed by atoms with Gasteiger partial charge in [-0.1, -0.05) is 6.07 Å². The monoisotopic (exact) mass is 312 g/mol. The molecule has 0 radical (unpaired) electrons. The molecule has 1 atom stereocenters. The van der Waals surface area contributed by atoms with Gasteiger partial charge < -0.3 is 5.32 Å². The van der Waals surface area contributed by atoms with Crippen LogP contribution in [0, 0.1) is 0 Å². The second-order valence-corrected chi connectivity index (χ2v) is 6.86. The third kappa shape index (κ3) is 1.98. The summed E-state index contributed by atoms with van der Waals surface area (Å²) in [6.45, 7) is 2.14. The minimum absolute atomic E-state index is 0.102. The van der Waals surface area contributed by atoms with E-state index in [0.717, 1.165) is 11.7 Å². The number of sulfonamides is 1. The Morgan fingerprint density at radius 2 is 2.20 bits per heavy atom. The molecule has 0 saturated carbocycles. The molecule has 1 aliphatic heterocycles. The summed E-state index contributed by atoms with van der Waals surface area (Å²) in [6, 6.07) is 4.11. The van der Waals surface area contributed by atoms with Crippen molar-refractivity contribution in [2.24, 2.45) is 0 Å². The van der Waals surface area contributed by atoms with Crippen LogP contribution < -0.4 is 5.32 Å². The van der Waals surface area contributed by atoms with E-state index < -0.39 is 16.1 Å². The summed E-state index contributed by atoms with van der Waals surface area (Å²) in [7, 11) is -3.76. The zero-order chi connectivity index (χ0) is 14.3. The van der Waals surface area contributed by atoms with Gasteiger partial charge in [0.25, 0.3) is 0 Å². The molecule has 106 valence electrons. The van der Waals surface area contributed by atoms with Gasteiger partial charge in [-0.2, -0.15) is 13.1 Å². The van der Waals surface area contributed by atoms with Crippen LogP contribution >= 0.6 is 11.7 Å². The van der Waals surface area contributed by atoms with Crippen molar-refractivity contribution in [2.75, 3.05) is 13.1 Å². The lowest BCUT2D eigenvalue weighted by Crippen LogP contribution is -2.55. The van der Waals surface area contributed by atoms with E-state index in [0.29, 0.717) is 17.6 Å². The predicted molar refractivity (Wildman–Crippen MR) is 73.8 cm³/mol. The van der Waals surface area contributed by atoms with Gasteiger partial charge in [0.05, 0.1) is 11.7 Å². The van der Waals surface area contributed by atoms with Crippen molar-refractivity contribution in [3.63, 3.8) is 0 Å². The van der Waals surface area contributed by atoms with Gasteiger partial charge in [0.1, 0.15) is 22.0 Å². The molecule has 0 bridgehead atoms. The van der Waals surface area contributed by atoms with Crippen LogP contribution in [0.2, 0.25) is 0 Å². The van der Waals surface area contributed by atoms with Crippen molar-refractivity contribution in [1.82, 2.24) is 18.4 Å². The quantitative estimate of drug-likeness (QED) is 0.855. The number of benzene rings is 1. The zero-order valence-electron chi connectivity index (χ0n) is 10.6. The third-order valence-corrected chi connectivity index (χ3v) is 5.82. The fourth-order valence-electron chi connectivity index (χ4n) is 2.21. The van der Waals surface area contributed by atoms with Crippen LogP contribution in [-0.2, 0) is 14.8 Å². The van der Waals surface area contributed by atoms with Crippen LogP contribution in [0.5, 0.6) is 0 Å². The Morgan fingerprint density at radius 1 is 1.40 bits per heavy atom. The van der Waals surface area contributed by atoms with E-state index in [9.17, 15) is 13.2 Å². The van der Waals surface area contributed by atoms with E-state index in [2.05, 4.69) is 14.1 Å². The summed E-state index contributed by atoms with van der Waals surface area (Å²) >= 11 is 0.969. The maximum atomic E-state index is 12.7. The molecule has 1 N–H and O–H groups in total. The van der Waals surface area contributed by atoms with Gasteiger partial charge in [0.15, 0.2) is 0 Å². The highest BCUT2D eigenvalue weighted by atomic mass is 32.2. The number of nitrogens with one attached hydrogen (secondary N) is 1. The molecule has 7 nitrogen and oxygen atoms in total. The summed E-state index contributed by atoms with van der Waals surface area (Å²) in [5.74, 6) is -0.289. The molecule has 1 aromatic heterocycles. The number of nitrogens with zero attached hydrogens (tertiary/aromatic N) is 3. The lowest BCUT2D eigenvalue weighted by atomic mass is 10.2. The van der Waals surface area contributed by atoms with E-state index >= 15 is 0 Å². The second-order valence-electron chi connectivity index (χ2n) is 4.47. The molecule has 3 rings (SSSR count). The minimum Gasteiger partial charge on any atom is -0.353 e. The Hall–Kier alpha value is -1.58. The topological polar surface area (TPSA) is 92.3 Å². The first-order valence-corrected chi connectivity index (χ1v) is 8.19. The van der Waals surface area contributed by atoms with Crippen molar-refractivity contribution >= 4 is 38.7 Å². The van der Waals surface area contributed by atoms with Gasteiger partial charge in [-0.05, 0) is 19.1 Å². The molecule has 1 aromatic carbocycles. The number of aromatic nitrogens is 2. The highest BCUT2D eigenvalue weighted by Gasteiger charge is 2.36. The Bertz CT molecular complexity index is 771. The third-order valence-electron chi connectivity index (χ3n) is 3.28. The summed E-state index contributed by atoms with van der Waals surface area (Å²) in [6.07, 6.45) is 0. The fraction of sp³-hybridized carbons (Fsp3) is 0.364. The molecular formula is C11H12N4O3S2. The van der Waals surface area contributed by atoms with Gasteiger partial charge >= 0.3 is 0 Å². The smallest absolute Gasteiger partial charge is 0.246 e. The van der Waals surface area contributed by atoms with E-state index in [-0.39, 0.29) is 17.3 Å². The van der Waals surface area contributed by atoms with Gasteiger partial charge in [-0.3, -0.25) is 4.79 Å². The summed E-state index contributed by atoms with van der Waals surface area (Å²) < 4.78 is 34.8. The van der Waals surface area contributed by atoms with Crippen LogP contribution in [0.4, 0.5) is 0 Å². The van der Waals surface area contributed by atoms with Crippen molar-refractivity contribution < 1.29 is 13.2 Å². The SMILES string of the molecule is CC1C(=O)NCCN1S(=O)(=O)c1cccc2nsnc12. The highest BCUT2D eigenvalue weighted by Crippen LogP contribution is 2.26. The fourth-order valence-corrected chi connectivity index (χ4v) is 4.55. The molecule has 9 heteroatoms. The molecule has 0 aliphatic carbocycles.